The molecule has 0 aromatic carbocycles. The fourth-order valence-electron chi connectivity index (χ4n) is 1.64. The molecule has 0 saturated heterocycles. The molecule has 2 saturated carbocycles. The molecule has 3 heteroatoms. The Hall–Kier alpha value is -0.570. The first-order valence-corrected chi connectivity index (χ1v) is 3.67. The molecule has 56 valence electrons. The molecule has 0 aliphatic heterocycles. The minimum atomic E-state index is -0.832. The van der Waals surface area contributed by atoms with Crippen LogP contribution in [0.1, 0.15) is 19.3 Å². The van der Waals surface area contributed by atoms with Crippen molar-refractivity contribution in [2.75, 3.05) is 0 Å². The van der Waals surface area contributed by atoms with Gasteiger partial charge in [-0.25, -0.2) is 0 Å². The first kappa shape index (κ1) is 6.16. The van der Waals surface area contributed by atoms with Crippen LogP contribution in [0.3, 0.4) is 0 Å². The first-order valence-electron chi connectivity index (χ1n) is 3.67. The average molecular weight is 141 g/mol. The molecule has 0 aromatic heterocycles. The molecule has 3 nitrogen and oxygen atoms in total. The third-order valence-corrected chi connectivity index (χ3v) is 2.65. The fraction of sp³-hybridized carbons (Fsp3) is 0.857. The predicted octanol–water partition coefficient (Wildman–Crippen LogP) is 0.198. The second-order valence-corrected chi connectivity index (χ2v) is 3.49. The maximum Gasteiger partial charge on any atom is 0.323 e. The van der Waals surface area contributed by atoms with Gasteiger partial charge in [-0.15, -0.1) is 0 Å². The van der Waals surface area contributed by atoms with Gasteiger partial charge in [-0.05, 0) is 31.1 Å². The van der Waals surface area contributed by atoms with Gasteiger partial charge >= 0.3 is 5.97 Å². The largest absolute Gasteiger partial charge is 0.480 e. The van der Waals surface area contributed by atoms with E-state index in [0.717, 1.165) is 0 Å². The molecule has 2 rings (SSSR count). The number of carboxylic acids is 1. The minimum Gasteiger partial charge on any atom is -0.480 e. The standard InChI is InChI=1S/C7H11NO2/c8-7(6(9)10)3-5(7)4-1-2-4/h4-5H,1-3,8H2,(H,9,10). The summed E-state index contributed by atoms with van der Waals surface area (Å²) in [5.41, 5.74) is 4.74. The third kappa shape index (κ3) is 0.669. The van der Waals surface area contributed by atoms with Crippen LogP contribution in [0.15, 0.2) is 0 Å². The molecular weight excluding hydrogens is 130 g/mol. The van der Waals surface area contributed by atoms with Crippen molar-refractivity contribution in [3.8, 4) is 0 Å². The van der Waals surface area contributed by atoms with Crippen molar-refractivity contribution in [1.29, 1.82) is 0 Å². The van der Waals surface area contributed by atoms with E-state index in [1.807, 2.05) is 0 Å². The highest BCUT2D eigenvalue weighted by Gasteiger charge is 2.62. The molecular formula is C7H11NO2. The molecule has 0 aromatic rings. The lowest BCUT2D eigenvalue weighted by molar-refractivity contribution is -0.140. The van der Waals surface area contributed by atoms with Gasteiger partial charge < -0.3 is 10.8 Å². The Morgan fingerprint density at radius 1 is 1.60 bits per heavy atom. The van der Waals surface area contributed by atoms with Gasteiger partial charge in [0, 0.05) is 0 Å². The Kier molecular flexibility index (Phi) is 0.944. The normalized spacial score (nSPS) is 45.1. The van der Waals surface area contributed by atoms with Gasteiger partial charge in [0.15, 0.2) is 0 Å². The van der Waals surface area contributed by atoms with E-state index in [1.54, 1.807) is 0 Å². The van der Waals surface area contributed by atoms with Crippen molar-refractivity contribution >= 4 is 5.97 Å². The van der Waals surface area contributed by atoms with Crippen LogP contribution in [0, 0.1) is 11.8 Å². The molecule has 2 aliphatic rings. The van der Waals surface area contributed by atoms with E-state index in [0.29, 0.717) is 18.3 Å². The van der Waals surface area contributed by atoms with Crippen molar-refractivity contribution in [2.24, 2.45) is 17.6 Å². The van der Waals surface area contributed by atoms with E-state index < -0.39 is 11.5 Å². The van der Waals surface area contributed by atoms with Crippen LogP contribution >= 0.6 is 0 Å². The Morgan fingerprint density at radius 3 is 2.50 bits per heavy atom. The highest BCUT2D eigenvalue weighted by molar-refractivity contribution is 5.83. The van der Waals surface area contributed by atoms with E-state index in [9.17, 15) is 4.79 Å². The highest BCUT2D eigenvalue weighted by atomic mass is 16.4. The molecule has 3 N–H and O–H groups in total. The summed E-state index contributed by atoms with van der Waals surface area (Å²) in [4.78, 5) is 10.5. The van der Waals surface area contributed by atoms with Gasteiger partial charge in [0.1, 0.15) is 5.54 Å². The predicted molar refractivity (Wildman–Crippen MR) is 35.4 cm³/mol. The van der Waals surface area contributed by atoms with Crippen LogP contribution in [-0.4, -0.2) is 16.6 Å². The molecule has 2 unspecified atom stereocenters. The second kappa shape index (κ2) is 1.53. The Bertz CT molecular complexity index is 188. The number of carbonyl (C=O) groups is 1. The van der Waals surface area contributed by atoms with Crippen LogP contribution in [0.25, 0.3) is 0 Å². The number of nitrogens with two attached hydrogens (primary N) is 1. The Labute approximate surface area is 59.2 Å². The van der Waals surface area contributed by atoms with Crippen molar-refractivity contribution in [1.82, 2.24) is 0 Å². The highest BCUT2D eigenvalue weighted by Crippen LogP contribution is 2.55. The smallest absolute Gasteiger partial charge is 0.323 e. The van der Waals surface area contributed by atoms with Crippen LogP contribution in [0.2, 0.25) is 0 Å². The van der Waals surface area contributed by atoms with Gasteiger partial charge in [0.2, 0.25) is 0 Å². The number of carboxylic acid groups (broad SMARTS) is 1. The SMILES string of the molecule is NC1(C(=O)O)CC1C1CC1. The molecule has 0 spiro atoms. The lowest BCUT2D eigenvalue weighted by Crippen LogP contribution is -2.35. The van der Waals surface area contributed by atoms with Crippen LogP contribution in [0.5, 0.6) is 0 Å². The van der Waals surface area contributed by atoms with Crippen molar-refractivity contribution in [2.45, 2.75) is 24.8 Å². The Balaban J connectivity index is 2.02. The van der Waals surface area contributed by atoms with Crippen molar-refractivity contribution in [3.63, 3.8) is 0 Å². The lowest BCUT2D eigenvalue weighted by Gasteiger charge is -2.02. The van der Waals surface area contributed by atoms with Gasteiger partial charge in [0.05, 0.1) is 0 Å². The summed E-state index contributed by atoms with van der Waals surface area (Å²) in [7, 11) is 0. The van der Waals surface area contributed by atoms with Gasteiger partial charge in [-0.3, -0.25) is 4.79 Å². The molecule has 2 atom stereocenters. The zero-order valence-corrected chi connectivity index (χ0v) is 5.71. The number of hydrogen-bond donors (Lipinski definition) is 2. The van der Waals surface area contributed by atoms with E-state index >= 15 is 0 Å². The fourth-order valence-corrected chi connectivity index (χ4v) is 1.64. The van der Waals surface area contributed by atoms with E-state index in [4.69, 9.17) is 10.8 Å². The summed E-state index contributed by atoms with van der Waals surface area (Å²) in [6, 6.07) is 0. The zero-order chi connectivity index (χ0) is 7.35. The summed E-state index contributed by atoms with van der Waals surface area (Å²) in [5, 5.41) is 8.63. The molecule has 0 heterocycles. The van der Waals surface area contributed by atoms with Crippen LogP contribution in [-0.2, 0) is 4.79 Å². The van der Waals surface area contributed by atoms with Crippen molar-refractivity contribution < 1.29 is 9.90 Å². The van der Waals surface area contributed by atoms with E-state index in [2.05, 4.69) is 0 Å². The third-order valence-electron chi connectivity index (χ3n) is 2.65. The van der Waals surface area contributed by atoms with Crippen LogP contribution < -0.4 is 5.73 Å². The van der Waals surface area contributed by atoms with Gasteiger partial charge in [-0.2, -0.15) is 0 Å². The monoisotopic (exact) mass is 141 g/mol. The molecule has 2 fully saturated rings. The first-order chi connectivity index (χ1) is 4.64. The van der Waals surface area contributed by atoms with Gasteiger partial charge in [0.25, 0.3) is 0 Å². The zero-order valence-electron chi connectivity index (χ0n) is 5.71. The molecule has 0 bridgehead atoms. The quantitative estimate of drug-likeness (QED) is 0.577. The summed E-state index contributed by atoms with van der Waals surface area (Å²) in [6.45, 7) is 0. The second-order valence-electron chi connectivity index (χ2n) is 3.49. The minimum absolute atomic E-state index is 0.296. The van der Waals surface area contributed by atoms with E-state index in [1.165, 1.54) is 12.8 Å². The maximum absolute atomic E-state index is 10.5. The summed E-state index contributed by atoms with van der Waals surface area (Å²) >= 11 is 0. The number of rotatable bonds is 2. The number of aliphatic carboxylic acids is 1. The molecule has 2 aliphatic carbocycles. The molecule has 10 heavy (non-hydrogen) atoms. The summed E-state index contributed by atoms with van der Waals surface area (Å²) in [6.07, 6.45) is 3.08. The maximum atomic E-state index is 10.5. The summed E-state index contributed by atoms with van der Waals surface area (Å²) < 4.78 is 0. The van der Waals surface area contributed by atoms with Crippen LogP contribution in [0.4, 0.5) is 0 Å². The topological polar surface area (TPSA) is 63.3 Å². The lowest BCUT2D eigenvalue weighted by atomic mass is 10.1. The molecule has 0 radical (unpaired) electrons. The number of hydrogen-bond acceptors (Lipinski definition) is 2. The molecule has 0 amide bonds. The average Bonchev–Trinajstić information content (AvgIpc) is 2.57. The van der Waals surface area contributed by atoms with E-state index in [-0.39, 0.29) is 0 Å². The van der Waals surface area contributed by atoms with Gasteiger partial charge in [-0.1, -0.05) is 0 Å². The Morgan fingerprint density at radius 2 is 2.20 bits per heavy atom. The van der Waals surface area contributed by atoms with Crippen molar-refractivity contribution in [3.05, 3.63) is 0 Å². The summed E-state index contributed by atoms with van der Waals surface area (Å²) in [5.74, 6) is 0.121.